The number of hydrogen-bond acceptors (Lipinski definition) is 3. The van der Waals surface area contributed by atoms with Gasteiger partial charge in [-0.25, -0.2) is 0 Å². The first kappa shape index (κ1) is 12.1. The van der Waals surface area contributed by atoms with Gasteiger partial charge in [0.1, 0.15) is 0 Å². The number of carbonyl (C=O) groups is 1. The summed E-state index contributed by atoms with van der Waals surface area (Å²) < 4.78 is 5.59. The number of fused-ring (bicyclic) bond motifs is 1. The van der Waals surface area contributed by atoms with Crippen molar-refractivity contribution in [1.29, 1.82) is 0 Å². The average Bonchev–Trinajstić information content (AvgIpc) is 2.92. The molecule has 3 saturated heterocycles. The lowest BCUT2D eigenvalue weighted by Crippen LogP contribution is -2.44. The van der Waals surface area contributed by atoms with Crippen molar-refractivity contribution in [3.63, 3.8) is 0 Å². The van der Waals surface area contributed by atoms with Crippen molar-refractivity contribution >= 4 is 18.3 Å². The molecule has 3 aliphatic heterocycles. The highest BCUT2D eigenvalue weighted by atomic mass is 35.5. The van der Waals surface area contributed by atoms with E-state index in [4.69, 9.17) is 4.74 Å². The van der Waals surface area contributed by atoms with Crippen molar-refractivity contribution in [2.24, 2.45) is 0 Å². The molecule has 0 spiro atoms. The highest BCUT2D eigenvalue weighted by Crippen LogP contribution is 2.26. The van der Waals surface area contributed by atoms with Gasteiger partial charge >= 0.3 is 0 Å². The number of nitrogens with zero attached hydrogens (tertiary/aromatic N) is 1. The zero-order valence-corrected chi connectivity index (χ0v) is 10.2. The van der Waals surface area contributed by atoms with Crippen molar-refractivity contribution in [3.05, 3.63) is 0 Å². The number of rotatable bonds is 1. The second kappa shape index (κ2) is 4.90. The van der Waals surface area contributed by atoms with E-state index >= 15 is 0 Å². The van der Waals surface area contributed by atoms with Crippen molar-refractivity contribution in [1.82, 2.24) is 10.2 Å². The van der Waals surface area contributed by atoms with E-state index < -0.39 is 0 Å². The Morgan fingerprint density at radius 2 is 2.06 bits per heavy atom. The molecule has 4 nitrogen and oxygen atoms in total. The number of carbonyl (C=O) groups excluding carboxylic acids is 1. The molecule has 0 radical (unpaired) electrons. The number of ether oxygens (including phenoxy) is 1. The summed E-state index contributed by atoms with van der Waals surface area (Å²) in [5.41, 5.74) is 0. The molecule has 0 aromatic heterocycles. The quantitative estimate of drug-likeness (QED) is 0.735. The van der Waals surface area contributed by atoms with Gasteiger partial charge in [-0.1, -0.05) is 0 Å². The predicted octanol–water partition coefficient (Wildman–Crippen LogP) is 0.550. The minimum absolute atomic E-state index is 0. The summed E-state index contributed by atoms with van der Waals surface area (Å²) in [5, 5.41) is 3.41. The molecule has 3 atom stereocenters. The van der Waals surface area contributed by atoms with E-state index in [1.807, 2.05) is 4.90 Å². The molecule has 0 saturated carbocycles. The van der Waals surface area contributed by atoms with Crippen LogP contribution in [0.2, 0.25) is 0 Å². The van der Waals surface area contributed by atoms with Crippen LogP contribution in [0.3, 0.4) is 0 Å². The Morgan fingerprint density at radius 1 is 1.31 bits per heavy atom. The van der Waals surface area contributed by atoms with Crippen LogP contribution in [-0.4, -0.2) is 48.7 Å². The number of amides is 1. The Kier molecular flexibility index (Phi) is 3.72. The van der Waals surface area contributed by atoms with E-state index in [9.17, 15) is 4.79 Å². The monoisotopic (exact) mass is 246 g/mol. The van der Waals surface area contributed by atoms with Gasteiger partial charge in [-0.05, 0) is 25.7 Å². The zero-order chi connectivity index (χ0) is 10.3. The Labute approximate surface area is 102 Å². The molecule has 0 unspecified atom stereocenters. The van der Waals surface area contributed by atoms with Crippen molar-refractivity contribution < 1.29 is 9.53 Å². The second-order valence-corrected chi connectivity index (χ2v) is 4.79. The van der Waals surface area contributed by atoms with E-state index in [1.54, 1.807) is 0 Å². The fourth-order valence-corrected chi connectivity index (χ4v) is 2.96. The molecule has 0 bridgehead atoms. The van der Waals surface area contributed by atoms with Gasteiger partial charge in [0.25, 0.3) is 0 Å². The molecule has 5 heteroatoms. The SMILES string of the molecule is Cl.O=C([C@@H]1C[C@@H]2OCC[C@@H]2N1)N1CCCC1. The largest absolute Gasteiger partial charge is 0.376 e. The number of nitrogens with one attached hydrogen (secondary N) is 1. The predicted molar refractivity (Wildman–Crippen MR) is 62.7 cm³/mol. The zero-order valence-electron chi connectivity index (χ0n) is 9.35. The molecule has 0 aromatic rings. The summed E-state index contributed by atoms with van der Waals surface area (Å²) in [6.07, 6.45) is 4.57. The molecule has 3 heterocycles. The third-order valence-corrected chi connectivity index (χ3v) is 3.81. The van der Waals surface area contributed by atoms with E-state index in [2.05, 4.69) is 5.32 Å². The lowest BCUT2D eigenvalue weighted by molar-refractivity contribution is -0.132. The summed E-state index contributed by atoms with van der Waals surface area (Å²) >= 11 is 0. The van der Waals surface area contributed by atoms with Crippen LogP contribution in [0.15, 0.2) is 0 Å². The third kappa shape index (κ3) is 2.06. The normalized spacial score (nSPS) is 37.2. The molecule has 92 valence electrons. The number of halogens is 1. The highest BCUT2D eigenvalue weighted by Gasteiger charge is 2.42. The topological polar surface area (TPSA) is 41.6 Å². The molecule has 1 amide bonds. The number of hydrogen-bond donors (Lipinski definition) is 1. The summed E-state index contributed by atoms with van der Waals surface area (Å²) in [6.45, 7) is 2.76. The second-order valence-electron chi connectivity index (χ2n) is 4.79. The Balaban J connectivity index is 0.000000963. The third-order valence-electron chi connectivity index (χ3n) is 3.81. The minimum atomic E-state index is 0. The van der Waals surface area contributed by atoms with Crippen LogP contribution in [0.5, 0.6) is 0 Å². The minimum Gasteiger partial charge on any atom is -0.376 e. The van der Waals surface area contributed by atoms with Crippen LogP contribution in [0.25, 0.3) is 0 Å². The first-order valence-corrected chi connectivity index (χ1v) is 6.01. The smallest absolute Gasteiger partial charge is 0.239 e. The molecule has 3 rings (SSSR count). The van der Waals surface area contributed by atoms with Crippen molar-refractivity contribution in [3.8, 4) is 0 Å². The van der Waals surface area contributed by atoms with Crippen LogP contribution >= 0.6 is 12.4 Å². The van der Waals surface area contributed by atoms with Gasteiger partial charge in [0.05, 0.1) is 12.1 Å². The van der Waals surface area contributed by atoms with E-state index in [-0.39, 0.29) is 18.4 Å². The van der Waals surface area contributed by atoms with Crippen LogP contribution in [0, 0.1) is 0 Å². The van der Waals surface area contributed by atoms with Gasteiger partial charge in [0.2, 0.25) is 5.91 Å². The molecule has 3 fully saturated rings. The maximum absolute atomic E-state index is 12.1. The molecule has 3 aliphatic rings. The van der Waals surface area contributed by atoms with Crippen LogP contribution in [0.4, 0.5) is 0 Å². The van der Waals surface area contributed by atoms with E-state index in [1.165, 1.54) is 12.8 Å². The maximum atomic E-state index is 12.1. The standard InChI is InChI=1S/C11H18N2O2.ClH/c14-11(13-4-1-2-5-13)9-7-10-8(12-9)3-6-15-10;/h8-10,12H,1-7H2;1H/t8-,9-,10-;/m0./s1. The highest BCUT2D eigenvalue weighted by molar-refractivity contribution is 5.85. The molecule has 1 N–H and O–H groups in total. The molecular weight excluding hydrogens is 228 g/mol. The van der Waals surface area contributed by atoms with Gasteiger partial charge in [-0.15, -0.1) is 12.4 Å². The van der Waals surface area contributed by atoms with Crippen molar-refractivity contribution in [2.45, 2.75) is 43.9 Å². The van der Waals surface area contributed by atoms with Gasteiger partial charge in [0, 0.05) is 25.7 Å². The Morgan fingerprint density at radius 3 is 2.75 bits per heavy atom. The van der Waals surface area contributed by atoms with Crippen LogP contribution in [-0.2, 0) is 9.53 Å². The van der Waals surface area contributed by atoms with Gasteiger partial charge in [-0.3, -0.25) is 4.79 Å². The maximum Gasteiger partial charge on any atom is 0.239 e. The molecular formula is C11H19ClN2O2. The van der Waals surface area contributed by atoms with Crippen LogP contribution in [0.1, 0.15) is 25.7 Å². The Hall–Kier alpha value is -0.320. The van der Waals surface area contributed by atoms with Crippen LogP contribution < -0.4 is 5.32 Å². The van der Waals surface area contributed by atoms with Gasteiger partial charge in [-0.2, -0.15) is 0 Å². The van der Waals surface area contributed by atoms with Crippen molar-refractivity contribution in [2.75, 3.05) is 19.7 Å². The summed E-state index contributed by atoms with van der Waals surface area (Å²) in [5.74, 6) is 0.297. The molecule has 0 aliphatic carbocycles. The summed E-state index contributed by atoms with van der Waals surface area (Å²) in [7, 11) is 0. The lowest BCUT2D eigenvalue weighted by atomic mass is 10.1. The summed E-state index contributed by atoms with van der Waals surface area (Å²) in [6, 6.07) is 0.458. The molecule has 0 aromatic carbocycles. The average molecular weight is 247 g/mol. The first-order chi connectivity index (χ1) is 7.34. The molecule has 16 heavy (non-hydrogen) atoms. The van der Waals surface area contributed by atoms with E-state index in [0.717, 1.165) is 32.5 Å². The summed E-state index contributed by atoms with van der Waals surface area (Å²) in [4.78, 5) is 14.1. The van der Waals surface area contributed by atoms with Gasteiger partial charge < -0.3 is 15.0 Å². The first-order valence-electron chi connectivity index (χ1n) is 6.01. The Bertz CT molecular complexity index is 257. The van der Waals surface area contributed by atoms with E-state index in [0.29, 0.717) is 18.1 Å². The number of likely N-dealkylation sites (tertiary alicyclic amines) is 1. The fraction of sp³-hybridized carbons (Fsp3) is 0.909. The lowest BCUT2D eigenvalue weighted by Gasteiger charge is -2.20. The van der Waals surface area contributed by atoms with Gasteiger partial charge in [0.15, 0.2) is 0 Å². The fourth-order valence-electron chi connectivity index (χ4n) is 2.96.